The highest BCUT2D eigenvalue weighted by atomic mass is 16.6. The number of azide groups is 1. The van der Waals surface area contributed by atoms with Crippen LogP contribution in [0.4, 0.5) is 0 Å². The van der Waals surface area contributed by atoms with Gasteiger partial charge in [0.2, 0.25) is 0 Å². The van der Waals surface area contributed by atoms with E-state index in [2.05, 4.69) is 15.0 Å². The molecule has 1 fully saturated rings. The summed E-state index contributed by atoms with van der Waals surface area (Å²) in [7, 11) is 0. The summed E-state index contributed by atoms with van der Waals surface area (Å²) in [6, 6.07) is 27.9. The van der Waals surface area contributed by atoms with Crippen molar-refractivity contribution < 1.29 is 14.3 Å². The van der Waals surface area contributed by atoms with Gasteiger partial charge in [0.25, 0.3) is 5.56 Å². The SMILES string of the molecule is Cc1cn([C@H]2C[C@H](N=[N+]=[N-])C(=O)[C@@H](COC(c3ccccc3)(c3ccccc3)c3ccccc3)O2)c(=O)[nH]c1=O. The number of ketones is 1. The van der Waals surface area contributed by atoms with Crippen LogP contribution in [0.3, 0.4) is 0 Å². The summed E-state index contributed by atoms with van der Waals surface area (Å²) in [6.07, 6.45) is -0.825. The molecule has 0 saturated carbocycles. The van der Waals surface area contributed by atoms with E-state index in [4.69, 9.17) is 15.0 Å². The van der Waals surface area contributed by atoms with Crippen LogP contribution < -0.4 is 11.2 Å². The molecule has 1 aliphatic heterocycles. The van der Waals surface area contributed by atoms with Crippen molar-refractivity contribution in [3.05, 3.63) is 151 Å². The second kappa shape index (κ2) is 11.5. The molecule has 0 spiro atoms. The molecular formula is C30H27N5O5. The van der Waals surface area contributed by atoms with Crippen molar-refractivity contribution >= 4 is 5.78 Å². The Kier molecular flexibility index (Phi) is 7.75. The van der Waals surface area contributed by atoms with Gasteiger partial charge in [-0.1, -0.05) is 96.1 Å². The molecule has 3 atom stereocenters. The Labute approximate surface area is 229 Å². The predicted molar refractivity (Wildman–Crippen MR) is 148 cm³/mol. The normalized spacial score (nSPS) is 19.1. The van der Waals surface area contributed by atoms with E-state index in [0.29, 0.717) is 5.56 Å². The van der Waals surface area contributed by atoms with Gasteiger partial charge in [0.1, 0.15) is 24.0 Å². The number of nitrogens with one attached hydrogen (secondary N) is 1. The van der Waals surface area contributed by atoms with Gasteiger partial charge in [0.15, 0.2) is 5.78 Å². The van der Waals surface area contributed by atoms with Gasteiger partial charge in [0.05, 0.1) is 6.61 Å². The number of carbonyl (C=O) groups excluding carboxylic acids is 1. The second-order valence-corrected chi connectivity index (χ2v) is 9.51. The topological polar surface area (TPSA) is 139 Å². The number of hydrogen-bond donors (Lipinski definition) is 1. The number of aromatic amines is 1. The average molecular weight is 538 g/mol. The number of H-pyrrole nitrogens is 1. The summed E-state index contributed by atoms with van der Waals surface area (Å²) in [5.41, 5.74) is 9.63. The maximum atomic E-state index is 13.4. The van der Waals surface area contributed by atoms with Gasteiger partial charge in [-0.05, 0) is 29.1 Å². The highest BCUT2D eigenvalue weighted by molar-refractivity contribution is 5.89. The zero-order valence-electron chi connectivity index (χ0n) is 21.7. The van der Waals surface area contributed by atoms with Gasteiger partial charge in [-0.2, -0.15) is 0 Å². The fraction of sp³-hybridized carbons (Fsp3) is 0.233. The van der Waals surface area contributed by atoms with E-state index >= 15 is 0 Å². The van der Waals surface area contributed by atoms with Crippen molar-refractivity contribution in [3.63, 3.8) is 0 Å². The van der Waals surface area contributed by atoms with Gasteiger partial charge < -0.3 is 9.47 Å². The van der Waals surface area contributed by atoms with Crippen LogP contribution >= 0.6 is 0 Å². The first-order chi connectivity index (χ1) is 19.4. The van der Waals surface area contributed by atoms with Crippen LogP contribution in [0.1, 0.15) is 34.9 Å². The van der Waals surface area contributed by atoms with Gasteiger partial charge in [-0.3, -0.25) is 19.1 Å². The number of carbonyl (C=O) groups is 1. The van der Waals surface area contributed by atoms with E-state index in [9.17, 15) is 14.4 Å². The molecule has 0 unspecified atom stereocenters. The molecule has 0 aliphatic carbocycles. The number of rotatable bonds is 8. The molecule has 202 valence electrons. The quantitative estimate of drug-likeness (QED) is 0.154. The smallest absolute Gasteiger partial charge is 0.330 e. The lowest BCUT2D eigenvalue weighted by atomic mass is 9.80. The van der Waals surface area contributed by atoms with Gasteiger partial charge in [0, 0.05) is 23.1 Å². The largest absolute Gasteiger partial charge is 0.358 e. The van der Waals surface area contributed by atoms with Crippen LogP contribution in [0.5, 0.6) is 0 Å². The first-order valence-electron chi connectivity index (χ1n) is 12.8. The van der Waals surface area contributed by atoms with E-state index in [1.54, 1.807) is 6.92 Å². The van der Waals surface area contributed by atoms with Gasteiger partial charge >= 0.3 is 5.69 Å². The molecule has 0 radical (unpaired) electrons. The summed E-state index contributed by atoms with van der Waals surface area (Å²) in [5, 5.41) is 3.69. The van der Waals surface area contributed by atoms with Crippen LogP contribution in [-0.4, -0.2) is 34.1 Å². The molecule has 10 heteroatoms. The van der Waals surface area contributed by atoms with E-state index in [1.807, 2.05) is 91.0 Å². The van der Waals surface area contributed by atoms with Crippen molar-refractivity contribution in [2.45, 2.75) is 37.3 Å². The van der Waals surface area contributed by atoms with Gasteiger partial charge in [-0.25, -0.2) is 4.79 Å². The van der Waals surface area contributed by atoms with Crippen LogP contribution in [0, 0.1) is 6.92 Å². The minimum absolute atomic E-state index is 0.0635. The maximum Gasteiger partial charge on any atom is 0.330 e. The lowest BCUT2D eigenvalue weighted by molar-refractivity contribution is -0.166. The third-order valence-electron chi connectivity index (χ3n) is 7.03. The van der Waals surface area contributed by atoms with Crippen LogP contribution in [0.15, 0.2) is 112 Å². The fourth-order valence-electron chi connectivity index (χ4n) is 5.07. The molecule has 0 amide bonds. The number of aryl methyl sites for hydroxylation is 1. The van der Waals surface area contributed by atoms with Crippen molar-refractivity contribution in [2.75, 3.05) is 6.61 Å². The molecule has 4 aromatic rings. The molecule has 1 aromatic heterocycles. The van der Waals surface area contributed by atoms with Crippen LogP contribution in [-0.2, 0) is 19.9 Å². The summed E-state index contributed by atoms with van der Waals surface area (Å²) in [5.74, 6) is -0.452. The zero-order valence-corrected chi connectivity index (χ0v) is 21.7. The Morgan fingerprint density at radius 2 is 1.48 bits per heavy atom. The Hall–Kier alpha value is -4.76. The molecular weight excluding hydrogens is 510 g/mol. The van der Waals surface area contributed by atoms with Crippen LogP contribution in [0.25, 0.3) is 10.4 Å². The van der Waals surface area contributed by atoms with Crippen LogP contribution in [0.2, 0.25) is 0 Å². The average Bonchev–Trinajstić information content (AvgIpc) is 2.99. The third-order valence-corrected chi connectivity index (χ3v) is 7.03. The number of benzene rings is 3. The number of aromatic nitrogens is 2. The lowest BCUT2D eigenvalue weighted by Gasteiger charge is -2.39. The number of ether oxygens (including phenoxy) is 2. The number of nitrogens with zero attached hydrogens (tertiary/aromatic N) is 4. The second-order valence-electron chi connectivity index (χ2n) is 9.51. The standard InChI is InChI=1S/C30H27N5O5/c1-20-18-35(29(38)32-28(20)37)26-17-24(33-34-31)27(36)25(40-26)19-39-30(21-11-5-2-6-12-21,22-13-7-3-8-14-22)23-15-9-4-10-16-23/h2-16,18,24-26H,17,19H2,1H3,(H,32,37,38)/t24-,25+,26+/m0/s1. The predicted octanol–water partition coefficient (Wildman–Crippen LogP) is 4.39. The fourth-order valence-corrected chi connectivity index (χ4v) is 5.07. The molecule has 40 heavy (non-hydrogen) atoms. The molecule has 1 saturated heterocycles. The minimum atomic E-state index is -1.16. The van der Waals surface area contributed by atoms with E-state index < -0.39 is 41.0 Å². The first kappa shape index (κ1) is 26.8. The molecule has 5 rings (SSSR count). The summed E-state index contributed by atoms with van der Waals surface area (Å²) in [4.78, 5) is 43.0. The number of Topliss-reactive ketones (excluding diaryl/α,β-unsaturated/α-hetero) is 1. The summed E-state index contributed by atoms with van der Waals surface area (Å²) in [6.45, 7) is 1.35. The Morgan fingerprint density at radius 3 is 1.98 bits per heavy atom. The number of hydrogen-bond acceptors (Lipinski definition) is 6. The highest BCUT2D eigenvalue weighted by Gasteiger charge is 2.42. The Balaban J connectivity index is 1.57. The first-order valence-corrected chi connectivity index (χ1v) is 12.8. The van der Waals surface area contributed by atoms with Crippen molar-refractivity contribution in [3.8, 4) is 0 Å². The molecule has 3 aromatic carbocycles. The highest BCUT2D eigenvalue weighted by Crippen LogP contribution is 2.41. The Morgan fingerprint density at radius 1 is 0.950 bits per heavy atom. The third kappa shape index (κ3) is 5.11. The molecule has 0 bridgehead atoms. The molecule has 2 heterocycles. The zero-order chi connectivity index (χ0) is 28.1. The maximum absolute atomic E-state index is 13.4. The van der Waals surface area contributed by atoms with E-state index in [0.717, 1.165) is 16.7 Å². The van der Waals surface area contributed by atoms with Crippen molar-refractivity contribution in [1.29, 1.82) is 0 Å². The summed E-state index contributed by atoms with van der Waals surface area (Å²) >= 11 is 0. The molecule has 10 nitrogen and oxygen atoms in total. The minimum Gasteiger partial charge on any atom is -0.358 e. The lowest BCUT2D eigenvalue weighted by Crippen LogP contribution is -2.48. The van der Waals surface area contributed by atoms with Crippen molar-refractivity contribution in [2.24, 2.45) is 5.11 Å². The van der Waals surface area contributed by atoms with Crippen molar-refractivity contribution in [1.82, 2.24) is 9.55 Å². The van der Waals surface area contributed by atoms with Gasteiger partial charge in [-0.15, -0.1) is 0 Å². The summed E-state index contributed by atoms with van der Waals surface area (Å²) < 4.78 is 14.1. The molecule has 1 N–H and O–H groups in total. The van der Waals surface area contributed by atoms with E-state index in [-0.39, 0.29) is 13.0 Å². The Bertz CT molecular complexity index is 1550. The van der Waals surface area contributed by atoms with E-state index in [1.165, 1.54) is 10.8 Å². The monoisotopic (exact) mass is 537 g/mol. The molecule has 1 aliphatic rings.